The summed E-state index contributed by atoms with van der Waals surface area (Å²) in [6.07, 6.45) is 2.26. The number of benzene rings is 1. The van der Waals surface area contributed by atoms with E-state index in [-0.39, 0.29) is 18.3 Å². The van der Waals surface area contributed by atoms with E-state index in [1.165, 1.54) is 0 Å². The first-order chi connectivity index (χ1) is 10.8. The number of hydrogen-bond acceptors (Lipinski definition) is 4. The molecule has 0 N–H and O–H groups in total. The van der Waals surface area contributed by atoms with Crippen molar-refractivity contribution in [2.75, 3.05) is 19.6 Å². The first-order valence-electron chi connectivity index (χ1n) is 7.83. The van der Waals surface area contributed by atoms with E-state index in [0.717, 1.165) is 24.8 Å². The minimum Gasteiger partial charge on any atom is -0.376 e. The SMILES string of the molecule is COC1CC(OCc2ccccc2)[C@H]2COC1(CCCCl)O2. The third-order valence-electron chi connectivity index (χ3n) is 4.44. The molecule has 122 valence electrons. The predicted octanol–water partition coefficient (Wildman–Crippen LogP) is 3.12. The third kappa shape index (κ3) is 3.31. The van der Waals surface area contributed by atoms with Crippen LogP contribution in [0.2, 0.25) is 0 Å². The number of rotatable bonds is 7. The first kappa shape index (κ1) is 16.2. The zero-order valence-electron chi connectivity index (χ0n) is 12.9. The number of ether oxygens (including phenoxy) is 4. The van der Waals surface area contributed by atoms with Gasteiger partial charge in [0, 0.05) is 25.8 Å². The summed E-state index contributed by atoms with van der Waals surface area (Å²) in [5.74, 6) is -0.0373. The fourth-order valence-electron chi connectivity index (χ4n) is 3.28. The van der Waals surface area contributed by atoms with Crippen molar-refractivity contribution in [3.05, 3.63) is 35.9 Å². The topological polar surface area (TPSA) is 36.9 Å². The molecule has 0 aliphatic carbocycles. The number of hydrogen-bond donors (Lipinski definition) is 0. The Kier molecular flexibility index (Phi) is 5.37. The maximum Gasteiger partial charge on any atom is 0.195 e. The Morgan fingerprint density at radius 3 is 2.86 bits per heavy atom. The average Bonchev–Trinajstić information content (AvgIpc) is 2.94. The van der Waals surface area contributed by atoms with Crippen LogP contribution < -0.4 is 0 Å². The molecule has 2 bridgehead atoms. The summed E-state index contributed by atoms with van der Waals surface area (Å²) in [6, 6.07) is 10.2. The molecule has 2 aliphatic heterocycles. The fraction of sp³-hybridized carbons (Fsp3) is 0.647. The van der Waals surface area contributed by atoms with E-state index in [9.17, 15) is 0 Å². The Bertz CT molecular complexity index is 469. The molecular weight excluding hydrogens is 304 g/mol. The predicted molar refractivity (Wildman–Crippen MR) is 83.9 cm³/mol. The van der Waals surface area contributed by atoms with Gasteiger partial charge in [-0.1, -0.05) is 30.3 Å². The molecule has 5 heteroatoms. The molecule has 0 radical (unpaired) electrons. The molecule has 4 atom stereocenters. The summed E-state index contributed by atoms with van der Waals surface area (Å²) in [5.41, 5.74) is 1.16. The molecule has 2 fully saturated rings. The van der Waals surface area contributed by atoms with Crippen LogP contribution in [-0.4, -0.2) is 43.7 Å². The maximum atomic E-state index is 6.16. The molecule has 0 spiro atoms. The molecule has 22 heavy (non-hydrogen) atoms. The van der Waals surface area contributed by atoms with Gasteiger partial charge in [0.2, 0.25) is 0 Å². The van der Waals surface area contributed by atoms with Crippen LogP contribution in [0.3, 0.4) is 0 Å². The lowest BCUT2D eigenvalue weighted by Gasteiger charge is -2.41. The molecule has 2 saturated heterocycles. The second-order valence-electron chi connectivity index (χ2n) is 5.87. The van der Waals surface area contributed by atoms with Gasteiger partial charge in [-0.25, -0.2) is 0 Å². The van der Waals surface area contributed by atoms with Gasteiger partial charge >= 0.3 is 0 Å². The summed E-state index contributed by atoms with van der Waals surface area (Å²) in [5, 5.41) is 0. The van der Waals surface area contributed by atoms with Crippen LogP contribution in [0, 0.1) is 0 Å². The average molecular weight is 327 g/mol. The van der Waals surface area contributed by atoms with Crippen LogP contribution in [0.4, 0.5) is 0 Å². The quantitative estimate of drug-likeness (QED) is 0.721. The molecule has 0 amide bonds. The van der Waals surface area contributed by atoms with Crippen molar-refractivity contribution in [3.8, 4) is 0 Å². The van der Waals surface area contributed by atoms with Crippen LogP contribution in [0.15, 0.2) is 30.3 Å². The number of methoxy groups -OCH3 is 1. The van der Waals surface area contributed by atoms with Gasteiger partial charge in [-0.15, -0.1) is 11.6 Å². The highest BCUT2D eigenvalue weighted by Crippen LogP contribution is 2.42. The summed E-state index contributed by atoms with van der Waals surface area (Å²) in [6.45, 7) is 1.14. The molecule has 2 heterocycles. The highest BCUT2D eigenvalue weighted by molar-refractivity contribution is 6.17. The first-order valence-corrected chi connectivity index (χ1v) is 8.37. The van der Waals surface area contributed by atoms with Gasteiger partial charge in [0.25, 0.3) is 0 Å². The summed E-state index contributed by atoms with van der Waals surface area (Å²) < 4.78 is 23.8. The van der Waals surface area contributed by atoms with Crippen molar-refractivity contribution in [1.82, 2.24) is 0 Å². The highest BCUT2D eigenvalue weighted by atomic mass is 35.5. The van der Waals surface area contributed by atoms with Gasteiger partial charge in [-0.05, 0) is 12.0 Å². The Morgan fingerprint density at radius 1 is 1.32 bits per heavy atom. The van der Waals surface area contributed by atoms with Crippen LogP contribution in [0.1, 0.15) is 24.8 Å². The Balaban J connectivity index is 1.62. The van der Waals surface area contributed by atoms with Crippen LogP contribution >= 0.6 is 11.6 Å². The molecule has 0 saturated carbocycles. The molecule has 1 aromatic carbocycles. The van der Waals surface area contributed by atoms with Gasteiger partial charge in [0.1, 0.15) is 12.2 Å². The molecule has 2 aliphatic rings. The second kappa shape index (κ2) is 7.28. The maximum absolute atomic E-state index is 6.16. The van der Waals surface area contributed by atoms with E-state index in [1.807, 2.05) is 18.2 Å². The van der Waals surface area contributed by atoms with E-state index in [2.05, 4.69) is 12.1 Å². The van der Waals surface area contributed by atoms with Gasteiger partial charge in [-0.3, -0.25) is 0 Å². The van der Waals surface area contributed by atoms with E-state index in [4.69, 9.17) is 30.5 Å². The molecule has 1 aromatic rings. The van der Waals surface area contributed by atoms with Crippen LogP contribution in [-0.2, 0) is 25.6 Å². The number of fused-ring (bicyclic) bond motifs is 2. The van der Waals surface area contributed by atoms with E-state index in [0.29, 0.717) is 19.1 Å². The molecular formula is C17H23ClO4. The Hall–Kier alpha value is -0.650. The van der Waals surface area contributed by atoms with Gasteiger partial charge in [-0.2, -0.15) is 0 Å². The standard InChI is InChI=1S/C17H23ClO4/c1-19-16-10-14(20-11-13-6-3-2-4-7-13)15-12-21-17(16,22-15)8-5-9-18/h2-4,6-7,14-16H,5,8-12H2,1H3/t14?,15-,16?,17?/m1/s1. The second-order valence-corrected chi connectivity index (χ2v) is 6.24. The van der Waals surface area contributed by atoms with Crippen molar-refractivity contribution in [3.63, 3.8) is 0 Å². The fourth-order valence-corrected chi connectivity index (χ4v) is 3.41. The van der Waals surface area contributed by atoms with Crippen molar-refractivity contribution >= 4 is 11.6 Å². The molecule has 4 nitrogen and oxygen atoms in total. The van der Waals surface area contributed by atoms with Crippen LogP contribution in [0.25, 0.3) is 0 Å². The Morgan fingerprint density at radius 2 is 2.14 bits per heavy atom. The van der Waals surface area contributed by atoms with E-state index >= 15 is 0 Å². The van der Waals surface area contributed by atoms with Crippen molar-refractivity contribution in [2.45, 2.75) is 50.0 Å². The summed E-state index contributed by atoms with van der Waals surface area (Å²) in [7, 11) is 1.70. The number of halogens is 1. The highest BCUT2D eigenvalue weighted by Gasteiger charge is 2.55. The summed E-state index contributed by atoms with van der Waals surface area (Å²) in [4.78, 5) is 0. The lowest BCUT2D eigenvalue weighted by atomic mass is 9.94. The summed E-state index contributed by atoms with van der Waals surface area (Å²) >= 11 is 5.81. The zero-order chi connectivity index (χ0) is 15.4. The van der Waals surface area contributed by atoms with Crippen molar-refractivity contribution in [1.29, 1.82) is 0 Å². The Labute approximate surface area is 136 Å². The van der Waals surface area contributed by atoms with Crippen LogP contribution in [0.5, 0.6) is 0 Å². The largest absolute Gasteiger partial charge is 0.376 e. The normalized spacial score (nSPS) is 34.0. The minimum atomic E-state index is -0.638. The van der Waals surface area contributed by atoms with Crippen molar-refractivity contribution < 1.29 is 18.9 Å². The third-order valence-corrected chi connectivity index (χ3v) is 4.71. The van der Waals surface area contributed by atoms with Crippen molar-refractivity contribution in [2.24, 2.45) is 0 Å². The monoisotopic (exact) mass is 326 g/mol. The van der Waals surface area contributed by atoms with Gasteiger partial charge in [0.05, 0.1) is 19.3 Å². The van der Waals surface area contributed by atoms with E-state index < -0.39 is 5.79 Å². The number of alkyl halides is 1. The zero-order valence-corrected chi connectivity index (χ0v) is 13.6. The lowest BCUT2D eigenvalue weighted by molar-refractivity contribution is -0.276. The van der Waals surface area contributed by atoms with Gasteiger partial charge in [0.15, 0.2) is 5.79 Å². The molecule has 3 unspecified atom stereocenters. The molecule has 0 aromatic heterocycles. The lowest BCUT2D eigenvalue weighted by Crippen LogP contribution is -2.53. The van der Waals surface area contributed by atoms with E-state index in [1.54, 1.807) is 7.11 Å². The van der Waals surface area contributed by atoms with Gasteiger partial charge < -0.3 is 18.9 Å². The minimum absolute atomic E-state index is 0.00298. The molecule has 3 rings (SSSR count). The smallest absolute Gasteiger partial charge is 0.195 e.